The van der Waals surface area contributed by atoms with Gasteiger partial charge in [0, 0.05) is 6.07 Å². The zero-order valence-electron chi connectivity index (χ0n) is 11.0. The van der Waals surface area contributed by atoms with E-state index in [1.54, 1.807) is 0 Å². The van der Waals surface area contributed by atoms with Crippen LogP contribution in [0.3, 0.4) is 0 Å². The Hall–Kier alpha value is -0.960. The maximum atomic E-state index is 13.3. The lowest BCUT2D eigenvalue weighted by molar-refractivity contribution is 0.279. The molecule has 100 valence electrons. The molecular weight excluding hydrogens is 232 g/mol. The second kappa shape index (κ2) is 5.79. The van der Waals surface area contributed by atoms with E-state index in [9.17, 15) is 8.78 Å². The molecular formula is C15H21F2N. The fraction of sp³-hybridized carbons (Fsp3) is 0.600. The second-order valence-corrected chi connectivity index (χ2v) is 5.69. The predicted molar refractivity (Wildman–Crippen MR) is 69.5 cm³/mol. The third-order valence-electron chi connectivity index (χ3n) is 3.69. The van der Waals surface area contributed by atoms with Crippen molar-refractivity contribution < 1.29 is 8.78 Å². The largest absolute Gasteiger partial charge is 0.316 e. The Bertz CT molecular complexity index is 383. The summed E-state index contributed by atoms with van der Waals surface area (Å²) in [6.45, 7) is 6.26. The molecule has 0 spiro atoms. The van der Waals surface area contributed by atoms with Crippen LogP contribution < -0.4 is 5.32 Å². The average Bonchev–Trinajstić information content (AvgIpc) is 2.27. The van der Waals surface area contributed by atoms with Crippen LogP contribution in [0.2, 0.25) is 0 Å². The van der Waals surface area contributed by atoms with Gasteiger partial charge in [-0.25, -0.2) is 8.78 Å². The summed E-state index contributed by atoms with van der Waals surface area (Å²) in [4.78, 5) is 0. The molecule has 1 aromatic rings. The first-order chi connectivity index (χ1) is 8.56. The standard InChI is InChI=1S/C15H21F2N/c1-10(2)5-12-9-18-4-3-15(12)11-6-13(16)8-14(17)7-11/h6-8,10,12,15,18H,3-5,9H2,1-2H3. The molecule has 1 saturated heterocycles. The molecule has 1 heterocycles. The van der Waals surface area contributed by atoms with E-state index in [-0.39, 0.29) is 5.92 Å². The van der Waals surface area contributed by atoms with Crippen molar-refractivity contribution in [3.05, 3.63) is 35.4 Å². The number of nitrogens with one attached hydrogen (secondary N) is 1. The summed E-state index contributed by atoms with van der Waals surface area (Å²) < 4.78 is 26.6. The normalized spacial score (nSPS) is 24.5. The molecule has 0 amide bonds. The minimum absolute atomic E-state index is 0.277. The number of piperidine rings is 1. The van der Waals surface area contributed by atoms with E-state index in [0.29, 0.717) is 11.8 Å². The summed E-state index contributed by atoms with van der Waals surface area (Å²) in [5.41, 5.74) is 0.819. The highest BCUT2D eigenvalue weighted by Gasteiger charge is 2.27. The van der Waals surface area contributed by atoms with Crippen LogP contribution in [0.1, 0.15) is 38.2 Å². The van der Waals surface area contributed by atoms with Crippen molar-refractivity contribution in [2.24, 2.45) is 11.8 Å². The Kier molecular flexibility index (Phi) is 4.33. The summed E-state index contributed by atoms with van der Waals surface area (Å²) in [6, 6.07) is 3.93. The molecule has 1 nitrogen and oxygen atoms in total. The molecule has 0 saturated carbocycles. The van der Waals surface area contributed by atoms with Crippen molar-refractivity contribution in [1.29, 1.82) is 0 Å². The van der Waals surface area contributed by atoms with E-state index in [1.807, 2.05) is 0 Å². The fourth-order valence-corrected chi connectivity index (χ4v) is 3.00. The summed E-state index contributed by atoms with van der Waals surface area (Å²) in [7, 11) is 0. The van der Waals surface area contributed by atoms with Gasteiger partial charge in [-0.15, -0.1) is 0 Å². The molecule has 3 heteroatoms. The lowest BCUT2D eigenvalue weighted by Gasteiger charge is -2.33. The smallest absolute Gasteiger partial charge is 0.126 e. The number of hydrogen-bond acceptors (Lipinski definition) is 1. The van der Waals surface area contributed by atoms with Crippen LogP contribution in [0.4, 0.5) is 8.78 Å². The number of hydrogen-bond donors (Lipinski definition) is 1. The molecule has 2 atom stereocenters. The maximum Gasteiger partial charge on any atom is 0.126 e. The molecule has 0 radical (unpaired) electrons. The fourth-order valence-electron chi connectivity index (χ4n) is 3.00. The Labute approximate surface area is 108 Å². The lowest BCUT2D eigenvalue weighted by atomic mass is 9.77. The van der Waals surface area contributed by atoms with Gasteiger partial charge in [0.2, 0.25) is 0 Å². The minimum atomic E-state index is -0.466. The van der Waals surface area contributed by atoms with E-state index < -0.39 is 11.6 Å². The van der Waals surface area contributed by atoms with Crippen LogP contribution in [-0.4, -0.2) is 13.1 Å². The first-order valence-corrected chi connectivity index (χ1v) is 6.73. The van der Waals surface area contributed by atoms with Crippen LogP contribution in [-0.2, 0) is 0 Å². The van der Waals surface area contributed by atoms with Crippen LogP contribution in [0, 0.1) is 23.5 Å². The first kappa shape index (κ1) is 13.5. The molecule has 2 rings (SSSR count). The average molecular weight is 253 g/mol. The maximum absolute atomic E-state index is 13.3. The zero-order valence-corrected chi connectivity index (χ0v) is 11.0. The summed E-state index contributed by atoms with van der Waals surface area (Å²) >= 11 is 0. The quantitative estimate of drug-likeness (QED) is 0.866. The summed E-state index contributed by atoms with van der Waals surface area (Å²) in [6.07, 6.45) is 2.05. The van der Waals surface area contributed by atoms with E-state index in [1.165, 1.54) is 12.1 Å². The monoisotopic (exact) mass is 253 g/mol. The molecule has 1 fully saturated rings. The van der Waals surface area contributed by atoms with Gasteiger partial charge in [0.25, 0.3) is 0 Å². The Balaban J connectivity index is 2.21. The van der Waals surface area contributed by atoms with Crippen molar-refractivity contribution in [3.8, 4) is 0 Å². The van der Waals surface area contributed by atoms with Gasteiger partial charge in [0.1, 0.15) is 11.6 Å². The van der Waals surface area contributed by atoms with Gasteiger partial charge in [-0.05, 0) is 61.4 Å². The Morgan fingerprint density at radius 3 is 2.50 bits per heavy atom. The highest BCUT2D eigenvalue weighted by Crippen LogP contribution is 2.34. The zero-order chi connectivity index (χ0) is 13.1. The number of halogens is 2. The predicted octanol–water partition coefficient (Wildman–Crippen LogP) is 3.70. The van der Waals surface area contributed by atoms with Gasteiger partial charge >= 0.3 is 0 Å². The molecule has 1 aliphatic rings. The van der Waals surface area contributed by atoms with Gasteiger partial charge in [-0.1, -0.05) is 13.8 Å². The van der Waals surface area contributed by atoms with Gasteiger partial charge in [0.15, 0.2) is 0 Å². The van der Waals surface area contributed by atoms with Crippen molar-refractivity contribution in [2.45, 2.75) is 32.6 Å². The minimum Gasteiger partial charge on any atom is -0.316 e. The van der Waals surface area contributed by atoms with Crippen LogP contribution in [0.5, 0.6) is 0 Å². The van der Waals surface area contributed by atoms with Gasteiger partial charge in [-0.3, -0.25) is 0 Å². The van der Waals surface area contributed by atoms with Crippen molar-refractivity contribution in [2.75, 3.05) is 13.1 Å². The lowest BCUT2D eigenvalue weighted by Crippen LogP contribution is -2.36. The van der Waals surface area contributed by atoms with Gasteiger partial charge in [0.05, 0.1) is 0 Å². The molecule has 1 N–H and O–H groups in total. The van der Waals surface area contributed by atoms with Crippen LogP contribution in [0.25, 0.3) is 0 Å². The van der Waals surface area contributed by atoms with E-state index in [2.05, 4.69) is 19.2 Å². The van der Waals surface area contributed by atoms with Crippen LogP contribution in [0.15, 0.2) is 18.2 Å². The molecule has 0 aromatic heterocycles. The molecule has 0 aliphatic carbocycles. The van der Waals surface area contributed by atoms with Crippen molar-refractivity contribution in [1.82, 2.24) is 5.32 Å². The highest BCUT2D eigenvalue weighted by molar-refractivity contribution is 5.23. The third kappa shape index (κ3) is 3.29. The van der Waals surface area contributed by atoms with E-state index >= 15 is 0 Å². The number of rotatable bonds is 3. The van der Waals surface area contributed by atoms with Crippen LogP contribution >= 0.6 is 0 Å². The molecule has 2 unspecified atom stereocenters. The molecule has 0 bridgehead atoms. The third-order valence-corrected chi connectivity index (χ3v) is 3.69. The Morgan fingerprint density at radius 2 is 1.89 bits per heavy atom. The second-order valence-electron chi connectivity index (χ2n) is 5.69. The topological polar surface area (TPSA) is 12.0 Å². The van der Waals surface area contributed by atoms with Gasteiger partial charge in [-0.2, -0.15) is 0 Å². The molecule has 1 aliphatic heterocycles. The van der Waals surface area contributed by atoms with Crippen molar-refractivity contribution in [3.63, 3.8) is 0 Å². The molecule has 1 aromatic carbocycles. The van der Waals surface area contributed by atoms with Crippen molar-refractivity contribution >= 4 is 0 Å². The summed E-state index contributed by atoms with van der Waals surface area (Å²) in [5, 5.41) is 3.38. The first-order valence-electron chi connectivity index (χ1n) is 6.73. The SMILES string of the molecule is CC(C)CC1CNCCC1c1cc(F)cc(F)c1. The van der Waals surface area contributed by atoms with Gasteiger partial charge < -0.3 is 5.32 Å². The van der Waals surface area contributed by atoms with E-state index in [4.69, 9.17) is 0 Å². The number of benzene rings is 1. The summed E-state index contributed by atoms with van der Waals surface area (Å²) in [5.74, 6) is 0.424. The highest BCUT2D eigenvalue weighted by atomic mass is 19.1. The Morgan fingerprint density at radius 1 is 1.22 bits per heavy atom. The van der Waals surface area contributed by atoms with E-state index in [0.717, 1.165) is 37.6 Å². The molecule has 18 heavy (non-hydrogen) atoms.